The van der Waals surface area contributed by atoms with Crippen LogP contribution in [0.5, 0.6) is 17.2 Å². The second-order valence-corrected chi connectivity index (χ2v) is 8.11. The number of ether oxygens (including phenoxy) is 3. The lowest BCUT2D eigenvalue weighted by molar-refractivity contribution is -0.117. The average Bonchev–Trinajstić information content (AvgIpc) is 3.19. The zero-order valence-electron chi connectivity index (χ0n) is 18.4. The standard InChI is InChI=1S/C23H27N3O4S/c1-15-24-19(14-31-15)16-7-6-8-18(11-16)25-21(27)13-26(2)12-17-9-10-20(28-3)23(30-5)22(17)29-4/h6-11,14H,12-13H2,1-5H3,(H,25,27). The highest BCUT2D eigenvalue weighted by molar-refractivity contribution is 7.09. The van der Waals surface area contributed by atoms with Crippen molar-refractivity contribution < 1.29 is 19.0 Å². The molecule has 0 saturated carbocycles. The number of anilines is 1. The maximum atomic E-state index is 12.6. The molecule has 164 valence electrons. The first-order valence-corrected chi connectivity index (χ1v) is 10.6. The summed E-state index contributed by atoms with van der Waals surface area (Å²) in [5, 5.41) is 5.99. The summed E-state index contributed by atoms with van der Waals surface area (Å²) in [4.78, 5) is 19.0. The highest BCUT2D eigenvalue weighted by Crippen LogP contribution is 2.40. The molecule has 7 nitrogen and oxygen atoms in total. The maximum Gasteiger partial charge on any atom is 0.238 e. The van der Waals surface area contributed by atoms with Gasteiger partial charge in [-0.2, -0.15) is 0 Å². The summed E-state index contributed by atoms with van der Waals surface area (Å²) in [7, 11) is 6.62. The number of nitrogens with one attached hydrogen (secondary N) is 1. The first kappa shape index (κ1) is 22.6. The Kier molecular flexibility index (Phi) is 7.49. The Bertz CT molecular complexity index is 1050. The number of aromatic nitrogens is 1. The van der Waals surface area contributed by atoms with Crippen molar-refractivity contribution in [1.29, 1.82) is 0 Å². The summed E-state index contributed by atoms with van der Waals surface area (Å²) in [5.74, 6) is 1.63. The van der Waals surface area contributed by atoms with E-state index in [1.54, 1.807) is 32.7 Å². The number of carbonyl (C=O) groups is 1. The van der Waals surface area contributed by atoms with E-state index in [1.165, 1.54) is 0 Å². The normalized spacial score (nSPS) is 10.8. The predicted octanol–water partition coefficient (Wildman–Crippen LogP) is 4.21. The number of benzene rings is 2. The van der Waals surface area contributed by atoms with E-state index in [4.69, 9.17) is 14.2 Å². The molecule has 3 rings (SSSR count). The molecule has 0 aliphatic heterocycles. The number of methoxy groups -OCH3 is 3. The molecule has 0 spiro atoms. The smallest absolute Gasteiger partial charge is 0.238 e. The van der Waals surface area contributed by atoms with Crippen molar-refractivity contribution in [1.82, 2.24) is 9.88 Å². The molecule has 0 aliphatic rings. The molecule has 0 radical (unpaired) electrons. The fraction of sp³-hybridized carbons (Fsp3) is 0.304. The number of nitrogens with zero attached hydrogens (tertiary/aromatic N) is 2. The first-order valence-electron chi connectivity index (χ1n) is 9.74. The number of carbonyl (C=O) groups excluding carboxylic acids is 1. The zero-order valence-corrected chi connectivity index (χ0v) is 19.2. The Morgan fingerprint density at radius 3 is 2.52 bits per heavy atom. The minimum atomic E-state index is -0.103. The first-order chi connectivity index (χ1) is 14.9. The summed E-state index contributed by atoms with van der Waals surface area (Å²) in [6.45, 7) is 2.70. The van der Waals surface area contributed by atoms with Crippen molar-refractivity contribution >= 4 is 22.9 Å². The van der Waals surface area contributed by atoms with Crippen LogP contribution >= 0.6 is 11.3 Å². The van der Waals surface area contributed by atoms with Crippen molar-refractivity contribution in [3.05, 3.63) is 52.3 Å². The van der Waals surface area contributed by atoms with Gasteiger partial charge in [-0.3, -0.25) is 9.69 Å². The lowest BCUT2D eigenvalue weighted by Gasteiger charge is -2.20. The molecular formula is C23H27N3O4S. The molecular weight excluding hydrogens is 414 g/mol. The molecule has 1 heterocycles. The predicted molar refractivity (Wildman–Crippen MR) is 123 cm³/mol. The van der Waals surface area contributed by atoms with E-state index in [0.29, 0.717) is 23.8 Å². The minimum Gasteiger partial charge on any atom is -0.493 e. The molecule has 1 N–H and O–H groups in total. The van der Waals surface area contributed by atoms with E-state index in [2.05, 4.69) is 10.3 Å². The summed E-state index contributed by atoms with van der Waals surface area (Å²) in [6.07, 6.45) is 0. The molecule has 0 saturated heterocycles. The Hall–Kier alpha value is -3.10. The fourth-order valence-electron chi connectivity index (χ4n) is 3.33. The van der Waals surface area contributed by atoms with E-state index in [1.807, 2.05) is 60.6 Å². The fourth-order valence-corrected chi connectivity index (χ4v) is 3.95. The molecule has 8 heteroatoms. The van der Waals surface area contributed by atoms with Crippen LogP contribution in [0.3, 0.4) is 0 Å². The molecule has 3 aromatic rings. The lowest BCUT2D eigenvalue weighted by Crippen LogP contribution is -2.30. The van der Waals surface area contributed by atoms with Gasteiger partial charge < -0.3 is 19.5 Å². The van der Waals surface area contributed by atoms with Crippen LogP contribution < -0.4 is 19.5 Å². The largest absolute Gasteiger partial charge is 0.493 e. The Labute approximate surface area is 186 Å². The number of aryl methyl sites for hydroxylation is 1. The van der Waals surface area contributed by atoms with Gasteiger partial charge in [0.1, 0.15) is 0 Å². The van der Waals surface area contributed by atoms with E-state index in [9.17, 15) is 4.79 Å². The summed E-state index contributed by atoms with van der Waals surface area (Å²) < 4.78 is 16.3. The van der Waals surface area contributed by atoms with Gasteiger partial charge >= 0.3 is 0 Å². The van der Waals surface area contributed by atoms with Crippen molar-refractivity contribution in [2.75, 3.05) is 40.2 Å². The Morgan fingerprint density at radius 2 is 1.87 bits per heavy atom. The van der Waals surface area contributed by atoms with Crippen LogP contribution in [0.4, 0.5) is 5.69 Å². The van der Waals surface area contributed by atoms with Gasteiger partial charge in [-0.05, 0) is 32.2 Å². The van der Waals surface area contributed by atoms with Crippen molar-refractivity contribution in [2.45, 2.75) is 13.5 Å². The maximum absolute atomic E-state index is 12.6. The molecule has 31 heavy (non-hydrogen) atoms. The highest BCUT2D eigenvalue weighted by Gasteiger charge is 2.18. The van der Waals surface area contributed by atoms with Crippen molar-refractivity contribution in [3.8, 4) is 28.5 Å². The van der Waals surface area contributed by atoms with E-state index in [-0.39, 0.29) is 12.5 Å². The topological polar surface area (TPSA) is 72.9 Å². The SMILES string of the molecule is COc1ccc(CN(C)CC(=O)Nc2cccc(-c3csc(C)n3)c2)c(OC)c1OC. The summed E-state index contributed by atoms with van der Waals surface area (Å²) >= 11 is 1.60. The van der Waals surface area contributed by atoms with E-state index in [0.717, 1.165) is 27.5 Å². The van der Waals surface area contributed by atoms with Crippen LogP contribution in [0.1, 0.15) is 10.6 Å². The second kappa shape index (κ2) is 10.3. The number of rotatable bonds is 9. The number of likely N-dealkylation sites (N-methyl/N-ethyl adjacent to an activating group) is 1. The number of hydrogen-bond acceptors (Lipinski definition) is 7. The van der Waals surface area contributed by atoms with Crippen LogP contribution in [0.25, 0.3) is 11.3 Å². The lowest BCUT2D eigenvalue weighted by atomic mass is 10.1. The van der Waals surface area contributed by atoms with E-state index < -0.39 is 0 Å². The minimum absolute atomic E-state index is 0.103. The van der Waals surface area contributed by atoms with Crippen LogP contribution in [0.2, 0.25) is 0 Å². The van der Waals surface area contributed by atoms with Crippen LogP contribution in [-0.4, -0.2) is 50.7 Å². The molecule has 0 unspecified atom stereocenters. The van der Waals surface area contributed by atoms with Gasteiger partial charge in [0.2, 0.25) is 11.7 Å². The number of thiazole rings is 1. The van der Waals surface area contributed by atoms with Gasteiger partial charge in [-0.1, -0.05) is 18.2 Å². The summed E-state index contributed by atoms with van der Waals surface area (Å²) in [6, 6.07) is 11.4. The monoisotopic (exact) mass is 441 g/mol. The van der Waals surface area contributed by atoms with Crippen molar-refractivity contribution in [2.24, 2.45) is 0 Å². The van der Waals surface area contributed by atoms with Gasteiger partial charge in [-0.25, -0.2) is 4.98 Å². The number of hydrogen-bond donors (Lipinski definition) is 1. The molecule has 0 bridgehead atoms. The molecule has 2 aromatic carbocycles. The third-order valence-corrected chi connectivity index (χ3v) is 5.47. The number of amides is 1. The molecule has 1 amide bonds. The highest BCUT2D eigenvalue weighted by atomic mass is 32.1. The zero-order chi connectivity index (χ0) is 22.4. The third kappa shape index (κ3) is 5.53. The second-order valence-electron chi connectivity index (χ2n) is 7.05. The van der Waals surface area contributed by atoms with Crippen LogP contribution in [0, 0.1) is 6.92 Å². The Morgan fingerprint density at radius 1 is 1.10 bits per heavy atom. The van der Waals surface area contributed by atoms with Gasteiger partial charge in [0.05, 0.1) is 38.6 Å². The molecule has 0 atom stereocenters. The quantitative estimate of drug-likeness (QED) is 0.536. The molecule has 0 aliphatic carbocycles. The van der Waals surface area contributed by atoms with Crippen LogP contribution in [-0.2, 0) is 11.3 Å². The molecule has 1 aromatic heterocycles. The van der Waals surface area contributed by atoms with E-state index >= 15 is 0 Å². The van der Waals surface area contributed by atoms with Gasteiger partial charge in [-0.15, -0.1) is 11.3 Å². The summed E-state index contributed by atoms with van der Waals surface area (Å²) in [5.41, 5.74) is 3.53. The third-order valence-electron chi connectivity index (χ3n) is 4.70. The molecule has 0 fully saturated rings. The Balaban J connectivity index is 1.65. The van der Waals surface area contributed by atoms with Gasteiger partial charge in [0.15, 0.2) is 11.5 Å². The van der Waals surface area contributed by atoms with Gasteiger partial charge in [0.25, 0.3) is 0 Å². The van der Waals surface area contributed by atoms with Crippen LogP contribution in [0.15, 0.2) is 41.8 Å². The van der Waals surface area contributed by atoms with Crippen molar-refractivity contribution in [3.63, 3.8) is 0 Å². The van der Waals surface area contributed by atoms with Gasteiger partial charge in [0, 0.05) is 28.7 Å². The average molecular weight is 442 g/mol.